The molecule has 176 valence electrons. The summed E-state index contributed by atoms with van der Waals surface area (Å²) in [7, 11) is -0.338. The molecular formula is C24H29BrN4O2S2. The lowest BCUT2D eigenvalue weighted by molar-refractivity contribution is 0.595. The van der Waals surface area contributed by atoms with Crippen molar-refractivity contribution in [1.82, 2.24) is 14.5 Å². The summed E-state index contributed by atoms with van der Waals surface area (Å²) < 4.78 is 32.6. The van der Waals surface area contributed by atoms with Crippen molar-refractivity contribution < 1.29 is 8.42 Å². The van der Waals surface area contributed by atoms with Crippen LogP contribution in [0.4, 0.5) is 0 Å². The lowest BCUT2D eigenvalue weighted by atomic mass is 10.0. The second-order valence-electron chi connectivity index (χ2n) is 7.87. The number of imidazole rings is 1. The van der Waals surface area contributed by atoms with E-state index in [0.29, 0.717) is 12.1 Å². The smallest absolute Gasteiger partial charge is 0.284 e. The number of sulfonamides is 1. The van der Waals surface area contributed by atoms with Gasteiger partial charge in [0.05, 0.1) is 4.90 Å². The zero-order chi connectivity index (χ0) is 24.0. The van der Waals surface area contributed by atoms with Gasteiger partial charge in [-0.25, -0.2) is 4.98 Å². The minimum absolute atomic E-state index is 0.194. The molecule has 0 radical (unpaired) electrons. The molecule has 1 aromatic heterocycles. The molecule has 0 bridgehead atoms. The summed E-state index contributed by atoms with van der Waals surface area (Å²) in [6.07, 6.45) is 6.49. The number of thioether (sulfide) groups is 1. The van der Waals surface area contributed by atoms with Gasteiger partial charge in [0.25, 0.3) is 10.0 Å². The summed E-state index contributed by atoms with van der Waals surface area (Å²) in [6.45, 7) is 2.88. The number of halogens is 1. The fourth-order valence-electron chi connectivity index (χ4n) is 3.38. The topological polar surface area (TPSA) is 67.6 Å². The van der Waals surface area contributed by atoms with E-state index in [-0.39, 0.29) is 4.90 Å². The maximum Gasteiger partial charge on any atom is 0.284 e. The van der Waals surface area contributed by atoms with E-state index < -0.39 is 10.0 Å². The third-order valence-corrected chi connectivity index (χ3v) is 8.11. The van der Waals surface area contributed by atoms with Crippen LogP contribution in [-0.4, -0.2) is 49.6 Å². The number of aromatic nitrogens is 2. The highest BCUT2D eigenvalue weighted by atomic mass is 79.9. The van der Waals surface area contributed by atoms with Gasteiger partial charge < -0.3 is 9.47 Å². The lowest BCUT2D eigenvalue weighted by Gasteiger charge is -2.12. The molecular weight excluding hydrogens is 520 g/mol. The molecule has 9 heteroatoms. The third-order valence-electron chi connectivity index (χ3n) is 5.09. The van der Waals surface area contributed by atoms with E-state index in [1.807, 2.05) is 42.7 Å². The number of hydrogen-bond acceptors (Lipinski definition) is 4. The fourth-order valence-corrected chi connectivity index (χ4v) is 5.90. The first-order chi connectivity index (χ1) is 15.8. The SMILES string of the molecule is CCCCc1nc(SC)c(Br)n1Cc1ccc(-c2ccccc2S(=O)(=O)N=CN(C)C)cc1. The molecule has 0 aliphatic heterocycles. The molecule has 6 nitrogen and oxygen atoms in total. The Morgan fingerprint density at radius 2 is 1.85 bits per heavy atom. The largest absolute Gasteiger partial charge is 0.368 e. The summed E-state index contributed by atoms with van der Waals surface area (Å²) in [5, 5.41) is 0.995. The first kappa shape index (κ1) is 25.5. The van der Waals surface area contributed by atoms with Crippen LogP contribution in [0, 0.1) is 0 Å². The van der Waals surface area contributed by atoms with Crippen molar-refractivity contribution >= 4 is 44.1 Å². The first-order valence-corrected chi connectivity index (χ1v) is 14.2. The predicted molar refractivity (Wildman–Crippen MR) is 141 cm³/mol. The Balaban J connectivity index is 1.91. The number of rotatable bonds is 10. The van der Waals surface area contributed by atoms with E-state index in [9.17, 15) is 8.42 Å². The summed E-state index contributed by atoms with van der Waals surface area (Å²) in [5.74, 6) is 1.08. The average molecular weight is 550 g/mol. The van der Waals surface area contributed by atoms with Gasteiger partial charge >= 0.3 is 0 Å². The van der Waals surface area contributed by atoms with Gasteiger partial charge in [-0.05, 0) is 45.8 Å². The molecule has 0 amide bonds. The zero-order valence-electron chi connectivity index (χ0n) is 19.3. The van der Waals surface area contributed by atoms with Gasteiger partial charge in [0.15, 0.2) is 0 Å². The van der Waals surface area contributed by atoms with Gasteiger partial charge in [-0.15, -0.1) is 16.2 Å². The fraction of sp³-hybridized carbons (Fsp3) is 0.333. The monoisotopic (exact) mass is 548 g/mol. The minimum atomic E-state index is -3.81. The standard InChI is InChI=1S/C24H29BrN4O2S2/c1-5-6-11-22-27-24(32-4)23(25)29(22)16-18-12-14-19(15-13-18)20-9-7-8-10-21(20)33(30,31)26-17-28(2)3/h7-10,12-15,17H,5-6,11,16H2,1-4H3. The van der Waals surface area contributed by atoms with Gasteiger partial charge in [-0.1, -0.05) is 55.8 Å². The number of aryl methyl sites for hydroxylation is 1. The van der Waals surface area contributed by atoms with Crippen molar-refractivity contribution in [2.75, 3.05) is 20.4 Å². The molecule has 0 N–H and O–H groups in total. The van der Waals surface area contributed by atoms with Crippen molar-refractivity contribution in [3.05, 3.63) is 64.5 Å². The molecule has 0 saturated heterocycles. The van der Waals surface area contributed by atoms with Crippen molar-refractivity contribution in [2.45, 2.75) is 42.7 Å². The van der Waals surface area contributed by atoms with Crippen LogP contribution in [0.25, 0.3) is 11.1 Å². The number of benzene rings is 2. The van der Waals surface area contributed by atoms with Gasteiger partial charge in [0, 0.05) is 32.6 Å². The highest BCUT2D eigenvalue weighted by molar-refractivity contribution is 9.10. The summed E-state index contributed by atoms with van der Waals surface area (Å²) in [5.41, 5.74) is 2.59. The number of unbranched alkanes of at least 4 members (excludes halogenated alkanes) is 1. The van der Waals surface area contributed by atoms with Crippen LogP contribution >= 0.6 is 27.7 Å². The lowest BCUT2D eigenvalue weighted by Crippen LogP contribution is -2.10. The van der Waals surface area contributed by atoms with Crippen LogP contribution in [0.2, 0.25) is 0 Å². The molecule has 2 aromatic carbocycles. The van der Waals surface area contributed by atoms with Crippen LogP contribution < -0.4 is 0 Å². The van der Waals surface area contributed by atoms with Crippen molar-refractivity contribution in [3.8, 4) is 11.1 Å². The Hall–Kier alpha value is -2.10. The maximum absolute atomic E-state index is 12.8. The molecule has 0 fully saturated rings. The van der Waals surface area contributed by atoms with Gasteiger partial charge in [0.2, 0.25) is 0 Å². The third kappa shape index (κ3) is 6.28. The predicted octanol–water partition coefficient (Wildman–Crippen LogP) is 5.70. The van der Waals surface area contributed by atoms with Crippen molar-refractivity contribution in [3.63, 3.8) is 0 Å². The molecule has 0 saturated carbocycles. The van der Waals surface area contributed by atoms with Crippen LogP contribution in [0.3, 0.4) is 0 Å². The number of hydrogen-bond donors (Lipinski definition) is 0. The maximum atomic E-state index is 12.8. The van der Waals surface area contributed by atoms with Crippen molar-refractivity contribution in [2.24, 2.45) is 4.40 Å². The van der Waals surface area contributed by atoms with Gasteiger partial charge in [-0.2, -0.15) is 8.42 Å². The Morgan fingerprint density at radius 1 is 1.15 bits per heavy atom. The summed E-state index contributed by atoms with van der Waals surface area (Å²) >= 11 is 5.35. The summed E-state index contributed by atoms with van der Waals surface area (Å²) in [6, 6.07) is 15.0. The molecule has 1 heterocycles. The second kappa shape index (κ2) is 11.4. The van der Waals surface area contributed by atoms with Crippen LogP contribution in [-0.2, 0) is 23.0 Å². The van der Waals surface area contributed by atoms with E-state index in [1.165, 1.54) is 6.34 Å². The first-order valence-electron chi connectivity index (χ1n) is 10.7. The highest BCUT2D eigenvalue weighted by Gasteiger charge is 2.18. The van der Waals surface area contributed by atoms with Gasteiger partial charge in [-0.3, -0.25) is 0 Å². The van der Waals surface area contributed by atoms with Crippen LogP contribution in [0.5, 0.6) is 0 Å². The molecule has 0 unspecified atom stereocenters. The van der Waals surface area contributed by atoms with Crippen molar-refractivity contribution in [1.29, 1.82) is 0 Å². The molecule has 3 rings (SSSR count). The van der Waals surface area contributed by atoms with Crippen LogP contribution in [0.15, 0.2) is 67.5 Å². The van der Waals surface area contributed by atoms with Gasteiger partial charge in [0.1, 0.15) is 21.8 Å². The van der Waals surface area contributed by atoms with E-state index in [1.54, 1.807) is 42.9 Å². The average Bonchev–Trinajstić information content (AvgIpc) is 3.11. The molecule has 0 atom stereocenters. The number of nitrogens with zero attached hydrogens (tertiary/aromatic N) is 4. The minimum Gasteiger partial charge on any atom is -0.368 e. The Morgan fingerprint density at radius 3 is 2.48 bits per heavy atom. The van der Waals surface area contributed by atoms with E-state index in [4.69, 9.17) is 4.98 Å². The van der Waals surface area contributed by atoms with Crippen LogP contribution in [0.1, 0.15) is 31.2 Å². The molecule has 0 spiro atoms. The Kier molecular flexibility index (Phi) is 8.78. The molecule has 0 aliphatic rings. The highest BCUT2D eigenvalue weighted by Crippen LogP contribution is 2.30. The summed E-state index contributed by atoms with van der Waals surface area (Å²) in [4.78, 5) is 6.58. The Labute approximate surface area is 209 Å². The molecule has 33 heavy (non-hydrogen) atoms. The second-order valence-corrected chi connectivity index (χ2v) is 11.0. The van der Waals surface area contributed by atoms with E-state index in [0.717, 1.165) is 45.8 Å². The molecule has 0 aliphatic carbocycles. The quantitative estimate of drug-likeness (QED) is 0.184. The normalized spacial score (nSPS) is 11.9. The van der Waals surface area contributed by atoms with E-state index >= 15 is 0 Å². The zero-order valence-corrected chi connectivity index (χ0v) is 22.5. The van der Waals surface area contributed by atoms with E-state index in [2.05, 4.69) is 31.8 Å². The Bertz CT molecular complexity index is 1220. The molecule has 3 aromatic rings.